The Morgan fingerprint density at radius 1 is 0.667 bits per heavy atom. The van der Waals surface area contributed by atoms with Crippen molar-refractivity contribution < 1.29 is 18.6 Å². The second-order valence-electron chi connectivity index (χ2n) is 9.28. The van der Waals surface area contributed by atoms with E-state index in [2.05, 4.69) is 0 Å². The average Bonchev–Trinajstić information content (AvgIpc) is 2.49. The normalized spacial score (nSPS) is 13.0. The first-order valence-electron chi connectivity index (χ1n) is 9.00. The average molecular weight is 391 g/mol. The van der Waals surface area contributed by atoms with Crippen LogP contribution in [0.25, 0.3) is 0 Å². The molecule has 0 radical (unpaired) electrons. The predicted octanol–water partition coefficient (Wildman–Crippen LogP) is 5.14. The molecule has 2 rings (SSSR count). The van der Waals surface area contributed by atoms with Crippen molar-refractivity contribution in [2.75, 3.05) is 0 Å². The fourth-order valence-corrected chi connectivity index (χ4v) is 4.56. The SMILES string of the molecule is Cc1cc(S(=O)(=O)c2cc(C)c(O)c(C(C)(C)C)c2)cc(C(C)(C)C)c1O. The molecule has 0 aliphatic heterocycles. The minimum atomic E-state index is -3.81. The number of phenols is 2. The molecule has 0 bridgehead atoms. The summed E-state index contributed by atoms with van der Waals surface area (Å²) in [5, 5.41) is 20.8. The molecule has 2 aromatic carbocycles. The van der Waals surface area contributed by atoms with Gasteiger partial charge >= 0.3 is 0 Å². The summed E-state index contributed by atoms with van der Waals surface area (Å²) in [7, 11) is -3.81. The van der Waals surface area contributed by atoms with Crippen LogP contribution in [0.1, 0.15) is 63.8 Å². The van der Waals surface area contributed by atoms with Gasteiger partial charge in [0.15, 0.2) is 0 Å². The highest BCUT2D eigenvalue weighted by molar-refractivity contribution is 7.91. The number of hydrogen-bond donors (Lipinski definition) is 2. The molecule has 5 heteroatoms. The highest BCUT2D eigenvalue weighted by Crippen LogP contribution is 2.39. The van der Waals surface area contributed by atoms with Crippen LogP contribution in [-0.4, -0.2) is 18.6 Å². The first kappa shape index (κ1) is 21.3. The van der Waals surface area contributed by atoms with Gasteiger partial charge in [0.2, 0.25) is 9.84 Å². The van der Waals surface area contributed by atoms with E-state index in [9.17, 15) is 18.6 Å². The summed E-state index contributed by atoms with van der Waals surface area (Å²) in [4.78, 5) is 0.292. The van der Waals surface area contributed by atoms with Gasteiger partial charge in [0.1, 0.15) is 11.5 Å². The van der Waals surface area contributed by atoms with Crippen LogP contribution in [-0.2, 0) is 20.7 Å². The summed E-state index contributed by atoms with van der Waals surface area (Å²) in [5.41, 5.74) is 1.42. The Morgan fingerprint density at radius 3 is 1.22 bits per heavy atom. The van der Waals surface area contributed by atoms with Gasteiger partial charge in [-0.25, -0.2) is 8.42 Å². The quantitative estimate of drug-likeness (QED) is 0.744. The van der Waals surface area contributed by atoms with Crippen LogP contribution >= 0.6 is 0 Å². The van der Waals surface area contributed by atoms with E-state index in [4.69, 9.17) is 0 Å². The van der Waals surface area contributed by atoms with Crippen molar-refractivity contribution in [3.63, 3.8) is 0 Å². The number of benzene rings is 2. The molecule has 0 aromatic heterocycles. The third-order valence-corrected chi connectivity index (χ3v) is 6.50. The number of aryl methyl sites for hydroxylation is 2. The molecule has 0 heterocycles. The lowest BCUT2D eigenvalue weighted by molar-refractivity contribution is 0.441. The number of phenolic OH excluding ortho intramolecular Hbond substituents is 2. The second-order valence-corrected chi connectivity index (χ2v) is 11.2. The molecule has 148 valence electrons. The lowest BCUT2D eigenvalue weighted by atomic mass is 9.85. The fourth-order valence-electron chi connectivity index (χ4n) is 3.08. The zero-order chi connectivity index (χ0) is 20.9. The Hall–Kier alpha value is -2.01. The molecule has 0 aliphatic rings. The minimum absolute atomic E-state index is 0.124. The lowest BCUT2D eigenvalue weighted by Crippen LogP contribution is -2.15. The topological polar surface area (TPSA) is 74.6 Å². The van der Waals surface area contributed by atoms with Gasteiger partial charge < -0.3 is 10.2 Å². The third kappa shape index (κ3) is 3.98. The van der Waals surface area contributed by atoms with Crippen LogP contribution in [0.2, 0.25) is 0 Å². The van der Waals surface area contributed by atoms with Crippen molar-refractivity contribution >= 4 is 9.84 Å². The monoisotopic (exact) mass is 390 g/mol. The van der Waals surface area contributed by atoms with E-state index in [0.29, 0.717) is 22.3 Å². The molecule has 0 fully saturated rings. The maximum atomic E-state index is 13.4. The van der Waals surface area contributed by atoms with Gasteiger partial charge in [0.25, 0.3) is 0 Å². The van der Waals surface area contributed by atoms with Crippen LogP contribution in [0.15, 0.2) is 34.1 Å². The van der Waals surface area contributed by atoms with E-state index in [0.717, 1.165) is 0 Å². The van der Waals surface area contributed by atoms with Gasteiger partial charge in [-0.3, -0.25) is 0 Å². The van der Waals surface area contributed by atoms with Crippen LogP contribution in [0.4, 0.5) is 0 Å². The van der Waals surface area contributed by atoms with Crippen LogP contribution < -0.4 is 0 Å². The molecule has 4 nitrogen and oxygen atoms in total. The van der Waals surface area contributed by atoms with Gasteiger partial charge in [-0.15, -0.1) is 0 Å². The van der Waals surface area contributed by atoms with E-state index in [1.807, 2.05) is 41.5 Å². The van der Waals surface area contributed by atoms with Crippen LogP contribution in [0, 0.1) is 13.8 Å². The molecule has 0 aliphatic carbocycles. The van der Waals surface area contributed by atoms with Crippen LogP contribution in [0.3, 0.4) is 0 Å². The zero-order valence-corrected chi connectivity index (χ0v) is 18.2. The number of rotatable bonds is 2. The zero-order valence-electron chi connectivity index (χ0n) is 17.4. The Bertz CT molecular complexity index is 913. The van der Waals surface area contributed by atoms with Crippen molar-refractivity contribution in [1.29, 1.82) is 0 Å². The fraction of sp³-hybridized carbons (Fsp3) is 0.455. The summed E-state index contributed by atoms with van der Waals surface area (Å²) in [6.07, 6.45) is 0. The highest BCUT2D eigenvalue weighted by atomic mass is 32.2. The smallest absolute Gasteiger partial charge is 0.206 e. The van der Waals surface area contributed by atoms with Crippen molar-refractivity contribution in [3.05, 3.63) is 46.5 Å². The molecule has 0 amide bonds. The van der Waals surface area contributed by atoms with Gasteiger partial charge in [0, 0.05) is 11.1 Å². The lowest BCUT2D eigenvalue weighted by Gasteiger charge is -2.24. The number of hydrogen-bond acceptors (Lipinski definition) is 4. The number of sulfone groups is 1. The van der Waals surface area contributed by atoms with Crippen LogP contribution in [0.5, 0.6) is 11.5 Å². The van der Waals surface area contributed by atoms with Gasteiger partial charge in [-0.05, 0) is 60.1 Å². The van der Waals surface area contributed by atoms with E-state index in [-0.39, 0.29) is 21.3 Å². The molecule has 2 N–H and O–H groups in total. The first-order valence-corrected chi connectivity index (χ1v) is 10.5. The first-order chi connectivity index (χ1) is 12.1. The summed E-state index contributed by atoms with van der Waals surface area (Å²) in [6.45, 7) is 15.0. The molecule has 0 saturated heterocycles. The number of aromatic hydroxyl groups is 2. The van der Waals surface area contributed by atoms with Gasteiger partial charge in [-0.1, -0.05) is 41.5 Å². The van der Waals surface area contributed by atoms with Gasteiger partial charge in [-0.2, -0.15) is 0 Å². The highest BCUT2D eigenvalue weighted by Gasteiger charge is 2.28. The Balaban J connectivity index is 2.78. The largest absolute Gasteiger partial charge is 0.507 e. The van der Waals surface area contributed by atoms with Gasteiger partial charge in [0.05, 0.1) is 9.79 Å². The summed E-state index contributed by atoms with van der Waals surface area (Å²) < 4.78 is 26.7. The molecule has 0 saturated carbocycles. The predicted molar refractivity (Wildman–Crippen MR) is 109 cm³/mol. The molecule has 2 aromatic rings. The van der Waals surface area contributed by atoms with Crippen molar-refractivity contribution in [1.82, 2.24) is 0 Å². The molecular formula is C22H30O4S. The van der Waals surface area contributed by atoms with Crippen molar-refractivity contribution in [3.8, 4) is 11.5 Å². The Kier molecular flexibility index (Phi) is 5.17. The molecule has 27 heavy (non-hydrogen) atoms. The summed E-state index contributed by atoms with van der Waals surface area (Å²) in [6, 6.07) is 6.10. The molecule has 0 spiro atoms. The standard InChI is InChI=1S/C22H30O4S/c1-13-9-15(11-17(19(13)23)21(3,4)5)27(25,26)16-10-14(2)20(24)18(12-16)22(6,7)8/h9-12,23-24H,1-8H3. The van der Waals surface area contributed by atoms with E-state index >= 15 is 0 Å². The third-order valence-electron chi connectivity index (χ3n) is 4.78. The van der Waals surface area contributed by atoms with Crippen molar-refractivity contribution in [2.24, 2.45) is 0 Å². The summed E-state index contributed by atoms with van der Waals surface area (Å²) in [5.74, 6) is 0.248. The minimum Gasteiger partial charge on any atom is -0.507 e. The summed E-state index contributed by atoms with van der Waals surface area (Å²) >= 11 is 0. The second kappa shape index (κ2) is 6.55. The molecule has 0 unspecified atom stereocenters. The van der Waals surface area contributed by atoms with E-state index in [1.54, 1.807) is 26.0 Å². The molecular weight excluding hydrogens is 360 g/mol. The Labute approximate surface area is 162 Å². The van der Waals surface area contributed by atoms with E-state index in [1.165, 1.54) is 12.1 Å². The molecule has 0 atom stereocenters. The van der Waals surface area contributed by atoms with E-state index < -0.39 is 20.7 Å². The Morgan fingerprint density at radius 2 is 0.963 bits per heavy atom. The maximum absolute atomic E-state index is 13.4. The van der Waals surface area contributed by atoms with Crippen molar-refractivity contribution in [2.45, 2.75) is 76.0 Å². The maximum Gasteiger partial charge on any atom is 0.206 e.